The fourth-order valence-corrected chi connectivity index (χ4v) is 4.03. The van der Waals surface area contributed by atoms with Gasteiger partial charge in [-0.3, -0.25) is 0 Å². The Labute approximate surface area is 175 Å². The van der Waals surface area contributed by atoms with E-state index in [0.29, 0.717) is 17.1 Å². The summed E-state index contributed by atoms with van der Waals surface area (Å²) in [5, 5.41) is 2.06. The number of hydrogen-bond acceptors (Lipinski definition) is 5. The number of para-hydroxylation sites is 2. The van der Waals surface area contributed by atoms with Gasteiger partial charge in [0.25, 0.3) is 0 Å². The molecule has 2 aromatic rings. The number of nitrogens with zero attached hydrogens (tertiary/aromatic N) is 2. The van der Waals surface area contributed by atoms with E-state index in [1.165, 1.54) is 31.2 Å². The molecule has 4 rings (SSSR count). The smallest absolute Gasteiger partial charge is 0.420 e. The van der Waals surface area contributed by atoms with E-state index in [2.05, 4.69) is 5.32 Å². The first kappa shape index (κ1) is 20.6. The molecule has 0 fully saturated rings. The second-order valence-electron chi connectivity index (χ2n) is 6.98. The molecule has 162 valence electrons. The van der Waals surface area contributed by atoms with Gasteiger partial charge < -0.3 is 19.7 Å². The molecule has 2 heterocycles. The van der Waals surface area contributed by atoms with Crippen LogP contribution < -0.4 is 19.9 Å². The van der Waals surface area contributed by atoms with Crippen molar-refractivity contribution in [2.75, 3.05) is 31.1 Å². The number of hydrogen-bond donors (Lipinski definition) is 1. The van der Waals surface area contributed by atoms with Gasteiger partial charge in [0.1, 0.15) is 17.1 Å². The van der Waals surface area contributed by atoms with E-state index in [1.54, 1.807) is 24.3 Å². The van der Waals surface area contributed by atoms with Gasteiger partial charge in [-0.25, -0.2) is 14.5 Å². The molecular weight excluding hydrogens is 415 g/mol. The van der Waals surface area contributed by atoms with Crippen LogP contribution in [0.1, 0.15) is 5.56 Å². The molecule has 2 aliphatic heterocycles. The molecule has 0 aliphatic carbocycles. The van der Waals surface area contributed by atoms with Crippen LogP contribution in [0.3, 0.4) is 0 Å². The van der Waals surface area contributed by atoms with Gasteiger partial charge in [-0.15, -0.1) is 0 Å². The third-order valence-electron chi connectivity index (χ3n) is 5.45. The highest BCUT2D eigenvalue weighted by Crippen LogP contribution is 2.53. The van der Waals surface area contributed by atoms with Crippen molar-refractivity contribution in [2.24, 2.45) is 0 Å². The van der Waals surface area contributed by atoms with Crippen LogP contribution in [-0.2, 0) is 15.1 Å². The van der Waals surface area contributed by atoms with Gasteiger partial charge in [0.2, 0.25) is 0 Å². The first-order valence-electron chi connectivity index (χ1n) is 9.16. The summed E-state index contributed by atoms with van der Waals surface area (Å²) in [6.07, 6.45) is -5.07. The number of methoxy groups -OCH3 is 2. The lowest BCUT2D eigenvalue weighted by Gasteiger charge is -2.44. The van der Waals surface area contributed by atoms with Crippen molar-refractivity contribution in [1.82, 2.24) is 5.32 Å². The van der Waals surface area contributed by atoms with E-state index in [4.69, 9.17) is 9.47 Å². The fraction of sp³-hybridized carbons (Fsp3) is 0.238. The topological polar surface area (TPSA) is 71.1 Å². The van der Waals surface area contributed by atoms with Crippen LogP contribution >= 0.6 is 0 Å². The highest BCUT2D eigenvalue weighted by molar-refractivity contribution is 6.10. The maximum absolute atomic E-state index is 14.8. The largest absolute Gasteiger partial charge is 0.497 e. The molecule has 0 saturated heterocycles. The number of amides is 2. The number of benzene rings is 2. The van der Waals surface area contributed by atoms with Crippen LogP contribution in [0.4, 0.5) is 29.3 Å². The first-order chi connectivity index (χ1) is 14.7. The van der Waals surface area contributed by atoms with Crippen LogP contribution in [-0.4, -0.2) is 39.4 Å². The minimum Gasteiger partial charge on any atom is -0.497 e. The van der Waals surface area contributed by atoms with Crippen LogP contribution in [0, 0.1) is 0 Å². The number of fused-ring (bicyclic) bond motifs is 3. The van der Waals surface area contributed by atoms with Gasteiger partial charge in [0, 0.05) is 7.05 Å². The van der Waals surface area contributed by atoms with E-state index in [-0.39, 0.29) is 11.4 Å². The number of carbonyl (C=O) groups excluding carboxylic acids is 2. The van der Waals surface area contributed by atoms with Gasteiger partial charge in [0.15, 0.2) is 5.54 Å². The zero-order valence-corrected chi connectivity index (χ0v) is 16.8. The Morgan fingerprint density at radius 1 is 1.03 bits per heavy atom. The van der Waals surface area contributed by atoms with Crippen molar-refractivity contribution in [2.45, 2.75) is 11.7 Å². The predicted octanol–water partition coefficient (Wildman–Crippen LogP) is 3.52. The quantitative estimate of drug-likeness (QED) is 0.751. The molecule has 0 saturated carbocycles. The second-order valence-corrected chi connectivity index (χ2v) is 6.98. The Morgan fingerprint density at radius 3 is 2.19 bits per heavy atom. The molecular formula is C21H18F3N3O4. The fourth-order valence-electron chi connectivity index (χ4n) is 4.03. The minimum absolute atomic E-state index is 0.218. The zero-order chi connectivity index (χ0) is 22.6. The number of alkyl halides is 3. The van der Waals surface area contributed by atoms with Gasteiger partial charge in [-0.1, -0.05) is 24.3 Å². The summed E-state index contributed by atoms with van der Waals surface area (Å²) in [6, 6.07) is 10.5. The van der Waals surface area contributed by atoms with Crippen LogP contribution in [0.2, 0.25) is 0 Å². The maximum Gasteiger partial charge on any atom is 0.420 e. The number of carbonyl (C=O) groups is 2. The van der Waals surface area contributed by atoms with Gasteiger partial charge >= 0.3 is 18.2 Å². The van der Waals surface area contributed by atoms with Crippen molar-refractivity contribution in [3.8, 4) is 5.75 Å². The SMILES string of the molecule is COC(=O)C1=C2N(C)c3ccccc3N2C(=O)N[C@]1(c1ccc(OC)cc1)C(F)(F)F. The van der Waals surface area contributed by atoms with E-state index < -0.39 is 29.3 Å². The molecule has 0 unspecified atom stereocenters. The summed E-state index contributed by atoms with van der Waals surface area (Å²) in [7, 11) is 3.86. The molecule has 0 radical (unpaired) electrons. The molecule has 2 aromatic carbocycles. The molecule has 2 amide bonds. The molecule has 7 nitrogen and oxygen atoms in total. The van der Waals surface area contributed by atoms with Crippen LogP contribution in [0.5, 0.6) is 5.75 Å². The first-order valence-corrected chi connectivity index (χ1v) is 9.16. The van der Waals surface area contributed by atoms with Crippen molar-refractivity contribution < 1.29 is 32.2 Å². The molecule has 1 N–H and O–H groups in total. The van der Waals surface area contributed by atoms with Gasteiger partial charge in [-0.2, -0.15) is 13.2 Å². The summed E-state index contributed by atoms with van der Waals surface area (Å²) in [4.78, 5) is 28.4. The van der Waals surface area contributed by atoms with E-state index >= 15 is 0 Å². The Balaban J connectivity index is 2.09. The number of ether oxygens (including phenoxy) is 2. The Morgan fingerprint density at radius 2 is 1.65 bits per heavy atom. The average Bonchev–Trinajstić information content (AvgIpc) is 3.05. The van der Waals surface area contributed by atoms with Gasteiger partial charge in [-0.05, 0) is 29.8 Å². The molecule has 1 atom stereocenters. The predicted molar refractivity (Wildman–Crippen MR) is 106 cm³/mol. The Hall–Kier alpha value is -3.69. The lowest BCUT2D eigenvalue weighted by molar-refractivity contribution is -0.190. The Bertz CT molecular complexity index is 1100. The molecule has 31 heavy (non-hydrogen) atoms. The lowest BCUT2D eigenvalue weighted by Crippen LogP contribution is -2.65. The standard InChI is InChI=1S/C21H18F3N3O4/c1-26-14-6-4-5-7-15(14)27-17(26)16(18(28)31-3)20(21(22,23)24,25-19(27)29)12-8-10-13(30-2)11-9-12/h4-11H,1-3H3,(H,25,29)/t20-/m0/s1. The minimum atomic E-state index is -5.07. The molecule has 0 aromatic heterocycles. The van der Waals surface area contributed by atoms with Crippen molar-refractivity contribution in [3.63, 3.8) is 0 Å². The van der Waals surface area contributed by atoms with E-state index in [9.17, 15) is 22.8 Å². The van der Waals surface area contributed by atoms with Crippen LogP contribution in [0.25, 0.3) is 0 Å². The van der Waals surface area contributed by atoms with Crippen molar-refractivity contribution in [1.29, 1.82) is 0 Å². The molecule has 0 spiro atoms. The maximum atomic E-state index is 14.8. The molecule has 2 aliphatic rings. The van der Waals surface area contributed by atoms with E-state index in [0.717, 1.165) is 24.1 Å². The number of anilines is 2. The summed E-state index contributed by atoms with van der Waals surface area (Å²) in [6.45, 7) is 0. The molecule has 0 bridgehead atoms. The lowest BCUT2D eigenvalue weighted by atomic mass is 9.79. The zero-order valence-electron chi connectivity index (χ0n) is 16.8. The third kappa shape index (κ3) is 2.74. The number of esters is 1. The third-order valence-corrected chi connectivity index (χ3v) is 5.45. The highest BCUT2D eigenvalue weighted by atomic mass is 19.4. The Kier molecular flexibility index (Phi) is 4.60. The van der Waals surface area contributed by atoms with Gasteiger partial charge in [0.05, 0.1) is 25.6 Å². The number of halogens is 3. The highest BCUT2D eigenvalue weighted by Gasteiger charge is 2.66. The summed E-state index contributed by atoms with van der Waals surface area (Å²) in [5.74, 6) is -1.11. The normalized spacial score (nSPS) is 20.3. The summed E-state index contributed by atoms with van der Waals surface area (Å²) >= 11 is 0. The average molecular weight is 433 g/mol. The van der Waals surface area contributed by atoms with E-state index in [1.807, 2.05) is 0 Å². The monoisotopic (exact) mass is 433 g/mol. The van der Waals surface area contributed by atoms with Crippen LogP contribution in [0.15, 0.2) is 59.9 Å². The molecule has 10 heteroatoms. The summed E-state index contributed by atoms with van der Waals surface area (Å²) < 4.78 is 54.1. The number of urea groups is 1. The number of rotatable bonds is 3. The van der Waals surface area contributed by atoms with Crippen molar-refractivity contribution >= 4 is 23.4 Å². The summed E-state index contributed by atoms with van der Waals surface area (Å²) in [5.41, 5.74) is -3.41. The second kappa shape index (κ2) is 6.93. The van der Waals surface area contributed by atoms with Crippen molar-refractivity contribution in [3.05, 3.63) is 65.5 Å². The number of nitrogens with one attached hydrogen (secondary N) is 1.